The van der Waals surface area contributed by atoms with Crippen LogP contribution in [0.3, 0.4) is 0 Å². The number of piperidine rings is 1. The molecule has 0 aromatic heterocycles. The van der Waals surface area contributed by atoms with Crippen molar-refractivity contribution in [2.75, 3.05) is 20.1 Å². The summed E-state index contributed by atoms with van der Waals surface area (Å²) in [6.45, 7) is 4.69. The fraction of sp³-hybridized carbons (Fsp3) is 0.889. The molecule has 0 amide bonds. The van der Waals surface area contributed by atoms with Crippen LogP contribution in [0.4, 0.5) is 0 Å². The Kier molecular flexibility index (Phi) is 6.76. The van der Waals surface area contributed by atoms with Crippen LogP contribution in [-0.2, 0) is 4.79 Å². The molecule has 0 spiro atoms. The van der Waals surface area contributed by atoms with E-state index >= 15 is 0 Å². The smallest absolute Gasteiger partial charge is 0.290 e. The van der Waals surface area contributed by atoms with Crippen molar-refractivity contribution < 1.29 is 9.90 Å². The normalized spacial score (nSPS) is 19.5. The average molecular weight is 173 g/mol. The van der Waals surface area contributed by atoms with Crippen LogP contribution in [0.2, 0.25) is 0 Å². The van der Waals surface area contributed by atoms with Crippen LogP contribution in [0.25, 0.3) is 0 Å². The van der Waals surface area contributed by atoms with Crippen LogP contribution in [0, 0.1) is 5.92 Å². The van der Waals surface area contributed by atoms with Crippen LogP contribution < -0.4 is 0 Å². The van der Waals surface area contributed by atoms with Gasteiger partial charge < -0.3 is 10.0 Å². The summed E-state index contributed by atoms with van der Waals surface area (Å²) >= 11 is 0. The summed E-state index contributed by atoms with van der Waals surface area (Å²) < 4.78 is 0. The van der Waals surface area contributed by atoms with Crippen LogP contribution in [0.1, 0.15) is 26.2 Å². The summed E-state index contributed by atoms with van der Waals surface area (Å²) in [7, 11) is 2.21. The van der Waals surface area contributed by atoms with E-state index in [1.165, 1.54) is 32.4 Å². The maximum absolute atomic E-state index is 8.36. The second-order valence-corrected chi connectivity index (χ2v) is 3.26. The van der Waals surface area contributed by atoms with E-state index in [0.717, 1.165) is 5.92 Å². The van der Waals surface area contributed by atoms with Crippen molar-refractivity contribution in [3.05, 3.63) is 0 Å². The second-order valence-electron chi connectivity index (χ2n) is 3.26. The fourth-order valence-electron chi connectivity index (χ4n) is 1.47. The van der Waals surface area contributed by atoms with Crippen LogP contribution in [-0.4, -0.2) is 36.6 Å². The van der Waals surface area contributed by atoms with Gasteiger partial charge >= 0.3 is 0 Å². The second kappa shape index (κ2) is 7.10. The van der Waals surface area contributed by atoms with Crippen molar-refractivity contribution >= 4 is 6.47 Å². The van der Waals surface area contributed by atoms with E-state index in [-0.39, 0.29) is 6.47 Å². The summed E-state index contributed by atoms with van der Waals surface area (Å²) in [5.41, 5.74) is 0. The predicted molar refractivity (Wildman–Crippen MR) is 49.2 cm³/mol. The molecule has 3 nitrogen and oxygen atoms in total. The Balaban J connectivity index is 0.000000354. The SMILES string of the molecule is CCC1CCN(C)CC1.O=CO. The highest BCUT2D eigenvalue weighted by atomic mass is 16.3. The molecule has 1 fully saturated rings. The minimum Gasteiger partial charge on any atom is -0.483 e. The molecule has 0 radical (unpaired) electrons. The molecule has 1 saturated heterocycles. The molecule has 0 aliphatic carbocycles. The molecule has 1 rings (SSSR count). The lowest BCUT2D eigenvalue weighted by Gasteiger charge is -2.27. The van der Waals surface area contributed by atoms with Crippen molar-refractivity contribution in [3.63, 3.8) is 0 Å². The summed E-state index contributed by atoms with van der Waals surface area (Å²) in [6, 6.07) is 0. The maximum Gasteiger partial charge on any atom is 0.290 e. The van der Waals surface area contributed by atoms with E-state index in [4.69, 9.17) is 9.90 Å². The van der Waals surface area contributed by atoms with Gasteiger partial charge in [-0.15, -0.1) is 0 Å². The molecule has 1 aliphatic rings. The van der Waals surface area contributed by atoms with Crippen LogP contribution >= 0.6 is 0 Å². The molecule has 72 valence electrons. The van der Waals surface area contributed by atoms with Crippen molar-refractivity contribution in [2.24, 2.45) is 5.92 Å². The molecule has 0 unspecified atom stereocenters. The number of hydrogen-bond donors (Lipinski definition) is 1. The molecule has 12 heavy (non-hydrogen) atoms. The summed E-state index contributed by atoms with van der Waals surface area (Å²) in [4.78, 5) is 10.8. The first-order valence-corrected chi connectivity index (χ1v) is 4.51. The Labute approximate surface area is 74.4 Å². The predicted octanol–water partition coefficient (Wildman–Crippen LogP) is 1.44. The monoisotopic (exact) mass is 173 g/mol. The van der Waals surface area contributed by atoms with Crippen molar-refractivity contribution in [3.8, 4) is 0 Å². The van der Waals surface area contributed by atoms with Gasteiger partial charge in [0.05, 0.1) is 0 Å². The number of carboxylic acid groups (broad SMARTS) is 1. The molecule has 1 aliphatic heterocycles. The van der Waals surface area contributed by atoms with E-state index in [9.17, 15) is 0 Å². The Morgan fingerprint density at radius 2 is 1.92 bits per heavy atom. The molecule has 0 bridgehead atoms. The molecule has 0 saturated carbocycles. The third-order valence-electron chi connectivity index (χ3n) is 2.42. The van der Waals surface area contributed by atoms with Crippen molar-refractivity contribution in [1.82, 2.24) is 4.90 Å². The van der Waals surface area contributed by atoms with E-state index in [2.05, 4.69) is 18.9 Å². The Morgan fingerprint density at radius 1 is 1.50 bits per heavy atom. The molecule has 0 aromatic carbocycles. The summed E-state index contributed by atoms with van der Waals surface area (Å²) in [5, 5.41) is 6.89. The standard InChI is InChI=1S/C8H17N.CH2O2/c1-3-8-4-6-9(2)7-5-8;2-1-3/h8H,3-7H2,1-2H3;1H,(H,2,3). The highest BCUT2D eigenvalue weighted by Gasteiger charge is 2.13. The van der Waals surface area contributed by atoms with Gasteiger partial charge in [-0.1, -0.05) is 13.3 Å². The summed E-state index contributed by atoms with van der Waals surface area (Å²) in [5.74, 6) is 1.03. The van der Waals surface area contributed by atoms with Crippen molar-refractivity contribution in [2.45, 2.75) is 26.2 Å². The highest BCUT2D eigenvalue weighted by molar-refractivity contribution is 5.32. The number of carbonyl (C=O) groups is 1. The van der Waals surface area contributed by atoms with Gasteiger partial charge in [-0.3, -0.25) is 4.79 Å². The topological polar surface area (TPSA) is 40.5 Å². The zero-order valence-electron chi connectivity index (χ0n) is 7.99. The largest absolute Gasteiger partial charge is 0.483 e. The third-order valence-corrected chi connectivity index (χ3v) is 2.42. The molecule has 1 N–H and O–H groups in total. The van der Waals surface area contributed by atoms with Gasteiger partial charge in [0.2, 0.25) is 0 Å². The van der Waals surface area contributed by atoms with Gasteiger partial charge in [-0.05, 0) is 38.9 Å². The summed E-state index contributed by atoms with van der Waals surface area (Å²) in [6.07, 6.45) is 4.23. The van der Waals surface area contributed by atoms with E-state index < -0.39 is 0 Å². The average Bonchev–Trinajstić information content (AvgIpc) is 2.07. The maximum atomic E-state index is 8.36. The number of likely N-dealkylation sites (tertiary alicyclic amines) is 1. The van der Waals surface area contributed by atoms with Crippen molar-refractivity contribution in [1.29, 1.82) is 0 Å². The first-order valence-electron chi connectivity index (χ1n) is 4.51. The minimum absolute atomic E-state index is 0.250. The highest BCUT2D eigenvalue weighted by Crippen LogP contribution is 2.18. The zero-order valence-corrected chi connectivity index (χ0v) is 7.99. The third kappa shape index (κ3) is 5.13. The molecular formula is C9H19NO2. The molecule has 0 aromatic rings. The Bertz CT molecular complexity index is 109. The quantitative estimate of drug-likeness (QED) is 0.610. The first-order chi connectivity index (χ1) is 5.74. The Morgan fingerprint density at radius 3 is 2.25 bits per heavy atom. The van der Waals surface area contributed by atoms with Gasteiger partial charge in [0.15, 0.2) is 0 Å². The van der Waals surface area contributed by atoms with Gasteiger partial charge in [-0.2, -0.15) is 0 Å². The van der Waals surface area contributed by atoms with E-state index in [0.29, 0.717) is 0 Å². The zero-order chi connectivity index (χ0) is 9.40. The van der Waals surface area contributed by atoms with Gasteiger partial charge in [0.1, 0.15) is 0 Å². The number of hydrogen-bond acceptors (Lipinski definition) is 2. The van der Waals surface area contributed by atoms with Crippen LogP contribution in [0.15, 0.2) is 0 Å². The molecule has 1 heterocycles. The molecule has 3 heteroatoms. The Hall–Kier alpha value is -0.570. The lowest BCUT2D eigenvalue weighted by Crippen LogP contribution is -2.29. The number of rotatable bonds is 1. The van der Waals surface area contributed by atoms with Crippen LogP contribution in [0.5, 0.6) is 0 Å². The van der Waals surface area contributed by atoms with Gasteiger partial charge in [0, 0.05) is 0 Å². The lowest BCUT2D eigenvalue weighted by molar-refractivity contribution is -0.122. The van der Waals surface area contributed by atoms with Gasteiger partial charge in [0.25, 0.3) is 6.47 Å². The minimum atomic E-state index is -0.250. The van der Waals surface area contributed by atoms with E-state index in [1.54, 1.807) is 0 Å². The fourth-order valence-corrected chi connectivity index (χ4v) is 1.47. The lowest BCUT2D eigenvalue weighted by atomic mass is 9.95. The first kappa shape index (κ1) is 11.4. The molecular weight excluding hydrogens is 154 g/mol. The van der Waals surface area contributed by atoms with Gasteiger partial charge in [-0.25, -0.2) is 0 Å². The number of nitrogens with zero attached hydrogens (tertiary/aromatic N) is 1. The van der Waals surface area contributed by atoms with E-state index in [1.807, 2.05) is 0 Å². The molecule has 0 atom stereocenters.